The molecule has 4 nitrogen and oxygen atoms in total. The average Bonchev–Trinajstić information content (AvgIpc) is 2.88. The lowest BCUT2D eigenvalue weighted by atomic mass is 10.1. The fraction of sp³-hybridized carbons (Fsp3) is 0.588. The Morgan fingerprint density at radius 3 is 2.68 bits per heavy atom. The van der Waals surface area contributed by atoms with Gasteiger partial charge in [0.25, 0.3) is 0 Å². The predicted octanol–water partition coefficient (Wildman–Crippen LogP) is 3.59. The first-order valence-electron chi connectivity index (χ1n) is 7.79. The highest BCUT2D eigenvalue weighted by atomic mass is 79.9. The van der Waals surface area contributed by atoms with Gasteiger partial charge in [-0.2, -0.15) is 0 Å². The van der Waals surface area contributed by atoms with E-state index in [-0.39, 0.29) is 6.09 Å². The minimum Gasteiger partial charge on any atom is -0.444 e. The van der Waals surface area contributed by atoms with Crippen molar-refractivity contribution in [2.75, 3.05) is 19.6 Å². The average molecular weight is 369 g/mol. The van der Waals surface area contributed by atoms with Crippen molar-refractivity contribution >= 4 is 22.0 Å². The molecule has 1 aromatic rings. The zero-order chi connectivity index (χ0) is 16.2. The smallest absolute Gasteiger partial charge is 0.410 e. The number of ether oxygens (including phenoxy) is 1. The molecule has 5 heteroatoms. The molecule has 1 aliphatic heterocycles. The van der Waals surface area contributed by atoms with E-state index in [0.717, 1.165) is 36.9 Å². The van der Waals surface area contributed by atoms with Crippen LogP contribution in [0, 0.1) is 0 Å². The number of likely N-dealkylation sites (tertiary alicyclic amines) is 1. The van der Waals surface area contributed by atoms with Crippen LogP contribution in [0.5, 0.6) is 0 Å². The summed E-state index contributed by atoms with van der Waals surface area (Å²) in [5.74, 6) is 0. The number of benzene rings is 1. The van der Waals surface area contributed by atoms with Crippen molar-refractivity contribution < 1.29 is 9.53 Å². The molecule has 0 aromatic heterocycles. The lowest BCUT2D eigenvalue weighted by molar-refractivity contribution is 0.0291. The molecule has 22 heavy (non-hydrogen) atoms. The molecule has 1 atom stereocenters. The molecule has 1 fully saturated rings. The molecule has 1 amide bonds. The maximum absolute atomic E-state index is 12.0. The van der Waals surface area contributed by atoms with Crippen molar-refractivity contribution in [1.29, 1.82) is 0 Å². The topological polar surface area (TPSA) is 41.6 Å². The van der Waals surface area contributed by atoms with Crippen LogP contribution in [-0.4, -0.2) is 42.3 Å². The summed E-state index contributed by atoms with van der Waals surface area (Å²) in [5.41, 5.74) is 0.891. The van der Waals surface area contributed by atoms with Crippen LogP contribution in [0.4, 0.5) is 4.79 Å². The summed E-state index contributed by atoms with van der Waals surface area (Å²) in [6, 6.07) is 8.76. The van der Waals surface area contributed by atoms with Gasteiger partial charge in [0.2, 0.25) is 0 Å². The monoisotopic (exact) mass is 368 g/mol. The van der Waals surface area contributed by atoms with Gasteiger partial charge in [-0.1, -0.05) is 28.1 Å². The van der Waals surface area contributed by atoms with E-state index in [0.29, 0.717) is 6.04 Å². The highest BCUT2D eigenvalue weighted by Gasteiger charge is 2.29. The number of rotatable bonds is 4. The second kappa shape index (κ2) is 7.47. The van der Waals surface area contributed by atoms with Crippen LogP contribution < -0.4 is 5.32 Å². The second-order valence-electron chi connectivity index (χ2n) is 6.74. The van der Waals surface area contributed by atoms with E-state index in [1.54, 1.807) is 4.90 Å². The molecular weight excluding hydrogens is 344 g/mol. The van der Waals surface area contributed by atoms with Gasteiger partial charge < -0.3 is 15.0 Å². The Kier molecular flexibility index (Phi) is 5.87. The summed E-state index contributed by atoms with van der Waals surface area (Å²) in [6.07, 6.45) is 1.78. The maximum Gasteiger partial charge on any atom is 0.410 e. The standard InChI is InChI=1S/C17H25BrN2O2/c1-17(2,3)22-16(21)20-11-9-15(12-20)19-10-8-13-4-6-14(18)7-5-13/h4-7,15,19H,8-12H2,1-3H3/t15-/m1/s1. The van der Waals surface area contributed by atoms with E-state index in [9.17, 15) is 4.79 Å². The van der Waals surface area contributed by atoms with Gasteiger partial charge >= 0.3 is 6.09 Å². The third kappa shape index (κ3) is 5.61. The summed E-state index contributed by atoms with van der Waals surface area (Å²) in [6.45, 7) is 8.12. The van der Waals surface area contributed by atoms with E-state index in [4.69, 9.17) is 4.74 Å². The maximum atomic E-state index is 12.0. The van der Waals surface area contributed by atoms with E-state index in [2.05, 4.69) is 45.5 Å². The van der Waals surface area contributed by atoms with Crippen LogP contribution in [0.3, 0.4) is 0 Å². The molecule has 0 spiro atoms. The van der Waals surface area contributed by atoms with E-state index in [1.165, 1.54) is 5.56 Å². The minimum absolute atomic E-state index is 0.204. The van der Waals surface area contributed by atoms with Crippen LogP contribution in [0.25, 0.3) is 0 Å². The predicted molar refractivity (Wildman–Crippen MR) is 92.1 cm³/mol. The summed E-state index contributed by atoms with van der Waals surface area (Å²) in [4.78, 5) is 13.8. The summed E-state index contributed by atoms with van der Waals surface area (Å²) in [7, 11) is 0. The van der Waals surface area contributed by atoms with Crippen LogP contribution in [0.1, 0.15) is 32.8 Å². The molecule has 0 bridgehead atoms. The molecule has 1 aliphatic rings. The Labute approximate surface area is 141 Å². The summed E-state index contributed by atoms with van der Waals surface area (Å²) < 4.78 is 6.51. The van der Waals surface area contributed by atoms with Crippen molar-refractivity contribution in [3.63, 3.8) is 0 Å². The molecule has 1 heterocycles. The van der Waals surface area contributed by atoms with E-state index < -0.39 is 5.60 Å². The van der Waals surface area contributed by atoms with Crippen LogP contribution >= 0.6 is 15.9 Å². The number of hydrogen-bond acceptors (Lipinski definition) is 3. The SMILES string of the molecule is CC(C)(C)OC(=O)N1CC[C@@H](NCCc2ccc(Br)cc2)C1. The molecule has 0 radical (unpaired) electrons. The number of nitrogens with one attached hydrogen (secondary N) is 1. The van der Waals surface area contributed by atoms with Crippen molar-refractivity contribution in [3.05, 3.63) is 34.3 Å². The highest BCUT2D eigenvalue weighted by Crippen LogP contribution is 2.15. The molecule has 0 aliphatic carbocycles. The fourth-order valence-electron chi connectivity index (χ4n) is 2.49. The molecule has 2 rings (SSSR count). The number of halogens is 1. The fourth-order valence-corrected chi connectivity index (χ4v) is 2.76. The molecule has 1 N–H and O–H groups in total. The minimum atomic E-state index is -0.426. The summed E-state index contributed by atoms with van der Waals surface area (Å²) >= 11 is 3.44. The molecule has 0 unspecified atom stereocenters. The van der Waals surface area contributed by atoms with Crippen molar-refractivity contribution in [3.8, 4) is 0 Å². The van der Waals surface area contributed by atoms with Gasteiger partial charge in [0.15, 0.2) is 0 Å². The van der Waals surface area contributed by atoms with E-state index in [1.807, 2.05) is 20.8 Å². The Morgan fingerprint density at radius 2 is 2.05 bits per heavy atom. The van der Waals surface area contributed by atoms with Crippen molar-refractivity contribution in [1.82, 2.24) is 10.2 Å². The summed E-state index contributed by atoms with van der Waals surface area (Å²) in [5, 5.41) is 3.53. The van der Waals surface area contributed by atoms with Gasteiger partial charge in [-0.3, -0.25) is 0 Å². The number of carbonyl (C=O) groups excluding carboxylic acids is 1. The van der Waals surface area contributed by atoms with Gasteiger partial charge in [0.05, 0.1) is 0 Å². The second-order valence-corrected chi connectivity index (χ2v) is 7.66. The van der Waals surface area contributed by atoms with Gasteiger partial charge in [0, 0.05) is 23.6 Å². The molecule has 1 saturated heterocycles. The zero-order valence-electron chi connectivity index (χ0n) is 13.6. The van der Waals surface area contributed by atoms with Crippen LogP contribution in [0.2, 0.25) is 0 Å². The van der Waals surface area contributed by atoms with Crippen molar-refractivity contribution in [2.45, 2.75) is 45.3 Å². The number of hydrogen-bond donors (Lipinski definition) is 1. The lowest BCUT2D eigenvalue weighted by Crippen LogP contribution is -2.38. The Bertz CT molecular complexity index is 496. The van der Waals surface area contributed by atoms with Gasteiger partial charge in [-0.25, -0.2) is 4.79 Å². The van der Waals surface area contributed by atoms with Crippen LogP contribution in [0.15, 0.2) is 28.7 Å². The number of carbonyl (C=O) groups is 1. The van der Waals surface area contributed by atoms with Crippen LogP contribution in [-0.2, 0) is 11.2 Å². The van der Waals surface area contributed by atoms with Gasteiger partial charge in [-0.05, 0) is 57.9 Å². The number of amides is 1. The normalized spacial score (nSPS) is 18.5. The van der Waals surface area contributed by atoms with Gasteiger partial charge in [0.1, 0.15) is 5.60 Å². The Balaban J connectivity index is 1.70. The molecule has 122 valence electrons. The highest BCUT2D eigenvalue weighted by molar-refractivity contribution is 9.10. The Hall–Kier alpha value is -1.07. The zero-order valence-corrected chi connectivity index (χ0v) is 15.1. The third-order valence-corrected chi connectivity index (χ3v) is 4.13. The third-order valence-electron chi connectivity index (χ3n) is 3.60. The van der Waals surface area contributed by atoms with Gasteiger partial charge in [-0.15, -0.1) is 0 Å². The largest absolute Gasteiger partial charge is 0.444 e. The molecular formula is C17H25BrN2O2. The molecule has 1 aromatic carbocycles. The Morgan fingerprint density at radius 1 is 1.36 bits per heavy atom. The van der Waals surface area contributed by atoms with E-state index >= 15 is 0 Å². The molecule has 0 saturated carbocycles. The first-order valence-corrected chi connectivity index (χ1v) is 8.58. The van der Waals surface area contributed by atoms with Crippen molar-refractivity contribution in [2.24, 2.45) is 0 Å². The quantitative estimate of drug-likeness (QED) is 0.882. The lowest BCUT2D eigenvalue weighted by Gasteiger charge is -2.24. The number of nitrogens with zero attached hydrogens (tertiary/aromatic N) is 1. The first-order chi connectivity index (χ1) is 10.3. The first kappa shape index (κ1) is 17.3.